The molecule has 0 unspecified atom stereocenters. The van der Waals surface area contributed by atoms with Crippen LogP contribution in [-0.2, 0) is 25.7 Å². The molecule has 25 heavy (non-hydrogen) atoms. The van der Waals surface area contributed by atoms with Crippen LogP contribution in [0, 0.1) is 5.41 Å². The van der Waals surface area contributed by atoms with E-state index in [1.54, 1.807) is 52.2 Å². The highest BCUT2D eigenvalue weighted by molar-refractivity contribution is 5.75. The minimum atomic E-state index is -1.04. The lowest BCUT2D eigenvalue weighted by molar-refractivity contribution is -0.152. The molecule has 6 heteroatoms. The molecular formula is C19H26O6. The zero-order valence-electron chi connectivity index (χ0n) is 15.2. The fourth-order valence-electron chi connectivity index (χ4n) is 1.79. The average molecular weight is 350 g/mol. The van der Waals surface area contributed by atoms with Crippen molar-refractivity contribution in [3.05, 3.63) is 42.0 Å². The van der Waals surface area contributed by atoms with E-state index in [9.17, 15) is 14.7 Å². The van der Waals surface area contributed by atoms with Gasteiger partial charge >= 0.3 is 11.9 Å². The van der Waals surface area contributed by atoms with Crippen LogP contribution in [0.2, 0.25) is 0 Å². The van der Waals surface area contributed by atoms with Gasteiger partial charge in [0.25, 0.3) is 0 Å². The van der Waals surface area contributed by atoms with E-state index in [2.05, 4.69) is 0 Å². The summed E-state index contributed by atoms with van der Waals surface area (Å²) in [5.74, 6) is -0.612. The largest absolute Gasteiger partial charge is 0.497 e. The van der Waals surface area contributed by atoms with Gasteiger partial charge in [0.05, 0.1) is 19.1 Å². The van der Waals surface area contributed by atoms with E-state index in [-0.39, 0.29) is 25.6 Å². The summed E-state index contributed by atoms with van der Waals surface area (Å²) in [6, 6.07) is 7.22. The number of aliphatic carboxylic acids is 1. The average Bonchev–Trinajstić information content (AvgIpc) is 2.56. The van der Waals surface area contributed by atoms with E-state index in [4.69, 9.17) is 14.2 Å². The molecule has 0 aliphatic heterocycles. The van der Waals surface area contributed by atoms with Gasteiger partial charge < -0.3 is 19.3 Å². The summed E-state index contributed by atoms with van der Waals surface area (Å²) in [4.78, 5) is 22.9. The van der Waals surface area contributed by atoms with E-state index < -0.39 is 17.5 Å². The number of carboxylic acid groups (broad SMARTS) is 1. The van der Waals surface area contributed by atoms with Crippen LogP contribution in [0.3, 0.4) is 0 Å². The van der Waals surface area contributed by atoms with Crippen LogP contribution in [-0.4, -0.2) is 36.9 Å². The normalized spacial score (nSPS) is 12.8. The van der Waals surface area contributed by atoms with Gasteiger partial charge in [-0.15, -0.1) is 0 Å². The van der Waals surface area contributed by atoms with Crippen molar-refractivity contribution in [2.45, 2.75) is 39.9 Å². The Bertz CT molecular complexity index is 583. The molecule has 0 aliphatic carbocycles. The summed E-state index contributed by atoms with van der Waals surface area (Å²) in [6.45, 7) is 5.61. The van der Waals surface area contributed by atoms with Crippen LogP contribution in [0.15, 0.2) is 36.4 Å². The first-order valence-corrected chi connectivity index (χ1v) is 8.03. The third-order valence-corrected chi connectivity index (χ3v) is 3.33. The number of carbonyl (C=O) groups excluding carboxylic acids is 1. The van der Waals surface area contributed by atoms with E-state index in [1.807, 2.05) is 12.1 Å². The molecule has 0 spiro atoms. The Morgan fingerprint density at radius 3 is 2.32 bits per heavy atom. The molecule has 1 N–H and O–H groups in total. The summed E-state index contributed by atoms with van der Waals surface area (Å²) in [5, 5.41) is 9.22. The van der Waals surface area contributed by atoms with Crippen LogP contribution in [0.25, 0.3) is 0 Å². The van der Waals surface area contributed by atoms with Crippen LogP contribution >= 0.6 is 0 Å². The molecule has 138 valence electrons. The molecule has 0 saturated carbocycles. The fourth-order valence-corrected chi connectivity index (χ4v) is 1.79. The molecular weight excluding hydrogens is 324 g/mol. The number of hydrogen-bond donors (Lipinski definition) is 1. The first kappa shape index (κ1) is 20.7. The maximum Gasteiger partial charge on any atom is 0.333 e. The predicted molar refractivity (Wildman–Crippen MR) is 93.4 cm³/mol. The quantitative estimate of drug-likeness (QED) is 0.544. The minimum Gasteiger partial charge on any atom is -0.497 e. The number of methoxy groups -OCH3 is 1. The molecule has 0 fully saturated rings. The van der Waals surface area contributed by atoms with Gasteiger partial charge in [-0.3, -0.25) is 4.79 Å². The van der Waals surface area contributed by atoms with Crippen molar-refractivity contribution in [2.24, 2.45) is 5.41 Å². The van der Waals surface area contributed by atoms with Crippen LogP contribution < -0.4 is 4.74 Å². The predicted octanol–water partition coefficient (Wildman–Crippen LogP) is 3.20. The number of carbonyl (C=O) groups is 2. The van der Waals surface area contributed by atoms with Gasteiger partial charge in [-0.25, -0.2) is 4.79 Å². The van der Waals surface area contributed by atoms with Crippen molar-refractivity contribution < 1.29 is 28.9 Å². The zero-order chi connectivity index (χ0) is 18.9. The highest BCUT2D eigenvalue weighted by atomic mass is 16.5. The number of esters is 1. The molecule has 0 heterocycles. The first-order valence-electron chi connectivity index (χ1n) is 8.03. The Hall–Kier alpha value is -2.34. The third-order valence-electron chi connectivity index (χ3n) is 3.33. The monoisotopic (exact) mass is 350 g/mol. The summed E-state index contributed by atoms with van der Waals surface area (Å²) in [5.41, 5.74) is 0.300. The maximum absolute atomic E-state index is 11.6. The number of carboxylic acids is 1. The van der Waals surface area contributed by atoms with Gasteiger partial charge in [-0.1, -0.05) is 24.3 Å². The second-order valence-electron chi connectivity index (χ2n) is 6.54. The highest BCUT2D eigenvalue weighted by Gasteiger charge is 2.22. The summed E-state index contributed by atoms with van der Waals surface area (Å²) < 4.78 is 15.6. The van der Waals surface area contributed by atoms with Gasteiger partial charge in [0.1, 0.15) is 12.4 Å². The van der Waals surface area contributed by atoms with Crippen molar-refractivity contribution in [3.8, 4) is 5.75 Å². The standard InChI is InChI=1S/C19H26O6/c1-19(2,3)18(22)24-12-6-5-7-16(17(20)21)25-13-14-8-10-15(23-4)11-9-14/h5-6,8-11,16H,7,12-13H2,1-4H3,(H,20,21)/t16-/m0/s1. The molecule has 0 aromatic heterocycles. The van der Waals surface area contributed by atoms with Crippen molar-refractivity contribution in [1.82, 2.24) is 0 Å². The Kier molecular flexibility index (Phi) is 8.15. The van der Waals surface area contributed by atoms with E-state index in [0.717, 1.165) is 11.3 Å². The van der Waals surface area contributed by atoms with E-state index >= 15 is 0 Å². The van der Waals surface area contributed by atoms with Crippen LogP contribution in [0.5, 0.6) is 5.75 Å². The van der Waals surface area contributed by atoms with Crippen molar-refractivity contribution in [2.75, 3.05) is 13.7 Å². The van der Waals surface area contributed by atoms with Gasteiger partial charge in [0.15, 0.2) is 6.10 Å². The molecule has 0 aliphatic rings. The fraction of sp³-hybridized carbons (Fsp3) is 0.474. The summed E-state index contributed by atoms with van der Waals surface area (Å²) >= 11 is 0. The molecule has 0 amide bonds. The molecule has 6 nitrogen and oxygen atoms in total. The summed E-state index contributed by atoms with van der Waals surface area (Å²) in [7, 11) is 1.58. The lowest BCUT2D eigenvalue weighted by Gasteiger charge is -2.15. The Morgan fingerprint density at radius 2 is 1.80 bits per heavy atom. The SMILES string of the molecule is COc1ccc(CO[C@@H](CC=CCOC(=O)C(C)(C)C)C(=O)O)cc1. The molecule has 1 atom stereocenters. The lowest BCUT2D eigenvalue weighted by Crippen LogP contribution is -2.23. The molecule has 1 rings (SSSR count). The van der Waals surface area contributed by atoms with Crippen molar-refractivity contribution in [3.63, 3.8) is 0 Å². The van der Waals surface area contributed by atoms with E-state index in [0.29, 0.717) is 0 Å². The van der Waals surface area contributed by atoms with Crippen LogP contribution in [0.1, 0.15) is 32.8 Å². The third kappa shape index (κ3) is 7.85. The number of ether oxygens (including phenoxy) is 3. The number of hydrogen-bond acceptors (Lipinski definition) is 5. The second-order valence-corrected chi connectivity index (χ2v) is 6.54. The van der Waals surface area contributed by atoms with Gasteiger partial charge in [0.2, 0.25) is 0 Å². The van der Waals surface area contributed by atoms with Gasteiger partial charge in [-0.05, 0) is 38.5 Å². The number of rotatable bonds is 9. The maximum atomic E-state index is 11.6. The Labute approximate surface area is 148 Å². The minimum absolute atomic E-state index is 0.112. The van der Waals surface area contributed by atoms with Gasteiger partial charge in [0, 0.05) is 6.42 Å². The molecule has 0 bridgehead atoms. The first-order chi connectivity index (χ1) is 11.7. The van der Waals surface area contributed by atoms with Crippen LogP contribution in [0.4, 0.5) is 0 Å². The molecule has 0 saturated heterocycles. The Morgan fingerprint density at radius 1 is 1.16 bits per heavy atom. The van der Waals surface area contributed by atoms with Gasteiger partial charge in [-0.2, -0.15) is 0 Å². The van der Waals surface area contributed by atoms with E-state index in [1.165, 1.54) is 0 Å². The molecule has 1 aromatic rings. The molecule has 1 aromatic carbocycles. The smallest absolute Gasteiger partial charge is 0.333 e. The Balaban J connectivity index is 2.42. The van der Waals surface area contributed by atoms with Crippen molar-refractivity contribution in [1.29, 1.82) is 0 Å². The number of benzene rings is 1. The highest BCUT2D eigenvalue weighted by Crippen LogP contribution is 2.15. The second kappa shape index (κ2) is 9.84. The molecule has 0 radical (unpaired) electrons. The zero-order valence-corrected chi connectivity index (χ0v) is 15.2. The topological polar surface area (TPSA) is 82.1 Å². The summed E-state index contributed by atoms with van der Waals surface area (Å²) in [6.07, 6.45) is 2.49. The van der Waals surface area contributed by atoms with Crippen molar-refractivity contribution >= 4 is 11.9 Å². The lowest BCUT2D eigenvalue weighted by atomic mass is 9.97.